The molecule has 1 fully saturated rings. The Morgan fingerprint density at radius 1 is 1.04 bits per heavy atom. The summed E-state index contributed by atoms with van der Waals surface area (Å²) >= 11 is 0. The van der Waals surface area contributed by atoms with Crippen molar-refractivity contribution in [1.29, 1.82) is 0 Å². The normalized spacial score (nSPS) is 15.8. The van der Waals surface area contributed by atoms with Crippen molar-refractivity contribution >= 4 is 12.2 Å². The summed E-state index contributed by atoms with van der Waals surface area (Å²) in [4.78, 5) is 9.03. The Labute approximate surface area is 153 Å². The molecule has 134 valence electrons. The zero-order chi connectivity index (χ0) is 17.9. The smallest absolute Gasteiger partial charge is 0.152 e. The second-order valence-corrected chi connectivity index (χ2v) is 7.01. The van der Waals surface area contributed by atoms with E-state index in [-0.39, 0.29) is 0 Å². The molecule has 0 spiro atoms. The van der Waals surface area contributed by atoms with Gasteiger partial charge in [-0.3, -0.25) is 9.36 Å². The molecule has 3 aromatic rings. The highest BCUT2D eigenvalue weighted by molar-refractivity contribution is 5.69. The van der Waals surface area contributed by atoms with E-state index in [1.54, 1.807) is 10.9 Å². The molecule has 0 bridgehead atoms. The van der Waals surface area contributed by atoms with Gasteiger partial charge >= 0.3 is 0 Å². The lowest BCUT2D eigenvalue weighted by molar-refractivity contribution is 0.433. The number of rotatable bonds is 4. The molecule has 0 aliphatic heterocycles. The van der Waals surface area contributed by atoms with Crippen molar-refractivity contribution in [3.05, 3.63) is 47.9 Å². The quantitative estimate of drug-likeness (QED) is 0.719. The maximum atomic E-state index is 4.73. The fraction of sp³-hybridized carbons (Fsp3) is 0.400. The minimum Gasteiger partial charge on any atom is -0.275 e. The van der Waals surface area contributed by atoms with Crippen molar-refractivity contribution in [2.45, 2.75) is 38.0 Å². The van der Waals surface area contributed by atoms with Gasteiger partial charge in [0, 0.05) is 49.7 Å². The minimum atomic E-state index is 0.576. The topological polar surface area (TPSA) is 61.4 Å². The Balaban J connectivity index is 1.59. The minimum absolute atomic E-state index is 0.576. The van der Waals surface area contributed by atoms with Gasteiger partial charge in [0.2, 0.25) is 0 Å². The molecule has 6 nitrogen and oxygen atoms in total. The van der Waals surface area contributed by atoms with Crippen LogP contribution in [0, 0.1) is 0 Å². The molecule has 1 saturated carbocycles. The van der Waals surface area contributed by atoms with Gasteiger partial charge in [-0.25, -0.2) is 9.97 Å². The maximum absolute atomic E-state index is 4.73. The molecule has 0 aromatic carbocycles. The summed E-state index contributed by atoms with van der Waals surface area (Å²) in [5, 5.41) is 8.94. The number of aromatic nitrogens is 6. The molecule has 26 heavy (non-hydrogen) atoms. The highest BCUT2D eigenvalue weighted by atomic mass is 15.3. The summed E-state index contributed by atoms with van der Waals surface area (Å²) in [7, 11) is 3.89. The van der Waals surface area contributed by atoms with E-state index in [9.17, 15) is 0 Å². The van der Waals surface area contributed by atoms with Crippen LogP contribution >= 0.6 is 0 Å². The lowest BCUT2D eigenvalue weighted by Crippen LogP contribution is -2.06. The Hall–Kier alpha value is -2.76. The first-order chi connectivity index (χ1) is 12.7. The van der Waals surface area contributed by atoms with Gasteiger partial charge in [-0.15, -0.1) is 0 Å². The van der Waals surface area contributed by atoms with Crippen LogP contribution in [0.2, 0.25) is 0 Å². The molecule has 0 radical (unpaired) electrons. The number of aryl methyl sites for hydroxylation is 2. The molecule has 1 aliphatic rings. The largest absolute Gasteiger partial charge is 0.275 e. The monoisotopic (exact) mass is 348 g/mol. The SMILES string of the molecule is Cn1cc(-c2ccnc(C=Cc3cn(C)nc3C3CCCCC3)n2)cn1. The Kier molecular flexibility index (Phi) is 4.65. The molecule has 3 aromatic heterocycles. The lowest BCUT2D eigenvalue weighted by atomic mass is 9.85. The van der Waals surface area contributed by atoms with Crippen LogP contribution in [0.25, 0.3) is 23.4 Å². The second kappa shape index (κ2) is 7.23. The van der Waals surface area contributed by atoms with Crippen LogP contribution in [0.5, 0.6) is 0 Å². The Morgan fingerprint density at radius 3 is 2.65 bits per heavy atom. The number of hydrogen-bond donors (Lipinski definition) is 0. The van der Waals surface area contributed by atoms with E-state index in [0.717, 1.165) is 11.3 Å². The molecule has 0 N–H and O–H groups in total. The van der Waals surface area contributed by atoms with Crippen molar-refractivity contribution in [2.75, 3.05) is 0 Å². The van der Waals surface area contributed by atoms with E-state index >= 15 is 0 Å². The predicted molar refractivity (Wildman–Crippen MR) is 102 cm³/mol. The summed E-state index contributed by atoms with van der Waals surface area (Å²) in [5.41, 5.74) is 4.27. The van der Waals surface area contributed by atoms with E-state index in [1.807, 2.05) is 43.3 Å². The van der Waals surface area contributed by atoms with Crippen LogP contribution < -0.4 is 0 Å². The molecule has 4 rings (SSSR count). The van der Waals surface area contributed by atoms with Gasteiger partial charge in [0.05, 0.1) is 17.6 Å². The van der Waals surface area contributed by atoms with Gasteiger partial charge in [0.1, 0.15) is 0 Å². The van der Waals surface area contributed by atoms with Crippen LogP contribution in [0.4, 0.5) is 0 Å². The summed E-state index contributed by atoms with van der Waals surface area (Å²) in [6, 6.07) is 1.91. The highest BCUT2D eigenvalue weighted by Crippen LogP contribution is 2.34. The van der Waals surface area contributed by atoms with Gasteiger partial charge in [0.15, 0.2) is 5.82 Å². The molecule has 6 heteroatoms. The van der Waals surface area contributed by atoms with Crippen LogP contribution in [-0.4, -0.2) is 29.5 Å². The first-order valence-corrected chi connectivity index (χ1v) is 9.23. The molecular weight excluding hydrogens is 324 g/mol. The van der Waals surface area contributed by atoms with Gasteiger partial charge < -0.3 is 0 Å². The third kappa shape index (κ3) is 3.59. The van der Waals surface area contributed by atoms with E-state index in [4.69, 9.17) is 5.10 Å². The summed E-state index contributed by atoms with van der Waals surface area (Å²) in [6.45, 7) is 0. The summed E-state index contributed by atoms with van der Waals surface area (Å²) < 4.78 is 3.69. The van der Waals surface area contributed by atoms with Crippen LogP contribution in [0.3, 0.4) is 0 Å². The Morgan fingerprint density at radius 2 is 1.88 bits per heavy atom. The fourth-order valence-corrected chi connectivity index (χ4v) is 3.68. The molecule has 3 heterocycles. The van der Waals surface area contributed by atoms with Crippen molar-refractivity contribution in [3.63, 3.8) is 0 Å². The molecule has 0 atom stereocenters. The van der Waals surface area contributed by atoms with Gasteiger partial charge in [-0.05, 0) is 31.1 Å². The average molecular weight is 348 g/mol. The average Bonchev–Trinajstić information content (AvgIpc) is 3.26. The van der Waals surface area contributed by atoms with Crippen LogP contribution in [0.15, 0.2) is 30.9 Å². The predicted octanol–water partition coefficient (Wildman–Crippen LogP) is 3.83. The van der Waals surface area contributed by atoms with E-state index in [0.29, 0.717) is 11.7 Å². The Bertz CT molecular complexity index is 914. The van der Waals surface area contributed by atoms with E-state index in [2.05, 4.69) is 27.3 Å². The molecule has 0 amide bonds. The van der Waals surface area contributed by atoms with Gasteiger partial charge in [-0.2, -0.15) is 10.2 Å². The third-order valence-corrected chi connectivity index (χ3v) is 4.97. The van der Waals surface area contributed by atoms with Gasteiger partial charge in [-0.1, -0.05) is 19.3 Å². The highest BCUT2D eigenvalue weighted by Gasteiger charge is 2.20. The van der Waals surface area contributed by atoms with Crippen molar-refractivity contribution in [3.8, 4) is 11.3 Å². The number of nitrogens with zero attached hydrogens (tertiary/aromatic N) is 6. The molecule has 0 saturated heterocycles. The fourth-order valence-electron chi connectivity index (χ4n) is 3.68. The zero-order valence-corrected chi connectivity index (χ0v) is 15.3. The van der Waals surface area contributed by atoms with Crippen LogP contribution in [-0.2, 0) is 14.1 Å². The van der Waals surface area contributed by atoms with E-state index < -0.39 is 0 Å². The van der Waals surface area contributed by atoms with Crippen molar-refractivity contribution in [2.24, 2.45) is 14.1 Å². The first-order valence-electron chi connectivity index (χ1n) is 9.23. The number of hydrogen-bond acceptors (Lipinski definition) is 4. The summed E-state index contributed by atoms with van der Waals surface area (Å²) in [6.07, 6.45) is 18.2. The maximum Gasteiger partial charge on any atom is 0.152 e. The zero-order valence-electron chi connectivity index (χ0n) is 15.3. The van der Waals surface area contributed by atoms with Crippen molar-refractivity contribution < 1.29 is 0 Å². The third-order valence-electron chi connectivity index (χ3n) is 4.97. The van der Waals surface area contributed by atoms with E-state index in [1.165, 1.54) is 43.4 Å². The standard InChI is InChI=1S/C20H24N6/c1-25-14-17(12-22-25)18-10-11-21-19(23-18)9-8-16-13-26(2)24-20(16)15-6-4-3-5-7-15/h8-15H,3-7H2,1-2H3. The van der Waals surface area contributed by atoms with Crippen molar-refractivity contribution in [1.82, 2.24) is 29.5 Å². The molecule has 1 aliphatic carbocycles. The molecular formula is C20H24N6. The molecule has 0 unspecified atom stereocenters. The summed E-state index contributed by atoms with van der Waals surface area (Å²) in [5.74, 6) is 1.28. The van der Waals surface area contributed by atoms with Crippen LogP contribution in [0.1, 0.15) is 55.1 Å². The lowest BCUT2D eigenvalue weighted by Gasteiger charge is -2.20. The second-order valence-electron chi connectivity index (χ2n) is 7.01. The van der Waals surface area contributed by atoms with Gasteiger partial charge in [0.25, 0.3) is 0 Å². The first kappa shape index (κ1) is 16.7.